The summed E-state index contributed by atoms with van der Waals surface area (Å²) in [5, 5.41) is 4.04. The van der Waals surface area contributed by atoms with E-state index in [-0.39, 0.29) is 5.56 Å². The van der Waals surface area contributed by atoms with Crippen LogP contribution in [-0.4, -0.2) is 46.6 Å². The van der Waals surface area contributed by atoms with E-state index in [1.165, 1.54) is 0 Å². The van der Waals surface area contributed by atoms with Gasteiger partial charge in [-0.2, -0.15) is 0 Å². The molecule has 2 aromatic carbocycles. The highest BCUT2D eigenvalue weighted by Crippen LogP contribution is 2.27. The fourth-order valence-corrected chi connectivity index (χ4v) is 4.28. The first-order valence-electron chi connectivity index (χ1n) is 10.3. The molecule has 0 amide bonds. The van der Waals surface area contributed by atoms with Gasteiger partial charge in [0.05, 0.1) is 0 Å². The molecule has 31 heavy (non-hydrogen) atoms. The molecule has 0 saturated carbocycles. The molecule has 3 aromatic rings. The number of aliphatic imine (C=N–C) groups is 1. The maximum Gasteiger partial charge on any atom is 0.257 e. The molecule has 2 aliphatic rings. The number of rotatable bonds is 2. The van der Waals surface area contributed by atoms with Crippen molar-refractivity contribution in [3.05, 3.63) is 87.3 Å². The van der Waals surface area contributed by atoms with Crippen LogP contribution in [0.3, 0.4) is 0 Å². The van der Waals surface area contributed by atoms with Gasteiger partial charge in [-0.25, -0.2) is 9.98 Å². The summed E-state index contributed by atoms with van der Waals surface area (Å²) in [6.45, 7) is 5.14. The van der Waals surface area contributed by atoms with Crippen molar-refractivity contribution in [3.8, 4) is 0 Å². The predicted octanol–water partition coefficient (Wildman–Crippen LogP) is 3.36. The van der Waals surface area contributed by atoms with Crippen molar-refractivity contribution < 1.29 is 0 Å². The van der Waals surface area contributed by atoms with Crippen LogP contribution in [0.4, 0.5) is 11.6 Å². The minimum absolute atomic E-state index is 0.113. The number of guanidine groups is 1. The van der Waals surface area contributed by atoms with Crippen molar-refractivity contribution in [3.63, 3.8) is 0 Å². The largest absolute Gasteiger partial charge is 0.368 e. The number of benzene rings is 2. The van der Waals surface area contributed by atoms with Gasteiger partial charge in [0.2, 0.25) is 11.9 Å². The molecule has 3 heterocycles. The summed E-state index contributed by atoms with van der Waals surface area (Å²) in [6, 6.07) is 19.4. The molecule has 0 bridgehead atoms. The number of hydrogen-bond donors (Lipinski definition) is 1. The Kier molecular flexibility index (Phi) is 5.11. The number of fused-ring (bicyclic) bond motifs is 1. The maximum absolute atomic E-state index is 12.8. The van der Waals surface area contributed by atoms with Crippen LogP contribution < -0.4 is 15.8 Å². The maximum atomic E-state index is 12.8. The van der Waals surface area contributed by atoms with Gasteiger partial charge in [-0.1, -0.05) is 48.0 Å². The Morgan fingerprint density at radius 3 is 2.45 bits per heavy atom. The predicted molar refractivity (Wildman–Crippen MR) is 124 cm³/mol. The average Bonchev–Trinajstić information content (AvgIpc) is 2.79. The van der Waals surface area contributed by atoms with Gasteiger partial charge in [0.25, 0.3) is 5.56 Å². The quantitative estimate of drug-likeness (QED) is 0.670. The fraction of sp³-hybridized carbons (Fsp3) is 0.261. The van der Waals surface area contributed by atoms with Crippen LogP contribution in [0.15, 0.2) is 70.5 Å². The average molecular weight is 435 g/mol. The zero-order valence-corrected chi connectivity index (χ0v) is 18.0. The summed E-state index contributed by atoms with van der Waals surface area (Å²) in [7, 11) is 0. The van der Waals surface area contributed by atoms with Crippen molar-refractivity contribution in [1.29, 1.82) is 0 Å². The molecule has 0 spiro atoms. The molecule has 7 nitrogen and oxygen atoms in total. The second kappa shape index (κ2) is 8.07. The summed E-state index contributed by atoms with van der Waals surface area (Å²) < 4.78 is 1.62. The zero-order valence-electron chi connectivity index (χ0n) is 17.2. The van der Waals surface area contributed by atoms with Crippen LogP contribution in [0.5, 0.6) is 0 Å². The summed E-state index contributed by atoms with van der Waals surface area (Å²) in [4.78, 5) is 26.8. The number of halogens is 1. The van der Waals surface area contributed by atoms with Gasteiger partial charge in [-0.05, 0) is 30.7 Å². The Bertz CT molecular complexity index is 1180. The van der Waals surface area contributed by atoms with Gasteiger partial charge in [0, 0.05) is 48.6 Å². The van der Waals surface area contributed by atoms with Crippen LogP contribution in [0.1, 0.15) is 17.4 Å². The number of anilines is 2. The first-order valence-corrected chi connectivity index (χ1v) is 10.7. The lowest BCUT2D eigenvalue weighted by Crippen LogP contribution is -2.52. The highest BCUT2D eigenvalue weighted by Gasteiger charge is 2.29. The molecule has 5 rings (SSSR count). The topological polar surface area (TPSA) is 65.8 Å². The monoisotopic (exact) mass is 434 g/mol. The second-order valence-corrected chi connectivity index (χ2v) is 8.18. The van der Waals surface area contributed by atoms with Crippen LogP contribution in [0.2, 0.25) is 5.02 Å². The van der Waals surface area contributed by atoms with Gasteiger partial charge >= 0.3 is 0 Å². The standard InChI is InChI=1S/C23H23ClN6O/c1-16-14-20(31)30-21(17-6-3-2-4-7-17)26-22(27-23(30)25-16)29-12-10-28(11-13-29)19-9-5-8-18(24)15-19/h2-9,14-15,21H,10-13H2,1H3,(H,25,26,27)/t21-/m1/s1. The van der Waals surface area contributed by atoms with Crippen molar-refractivity contribution in [2.45, 2.75) is 13.1 Å². The third-order valence-corrected chi connectivity index (χ3v) is 5.88. The summed E-state index contributed by atoms with van der Waals surface area (Å²) in [5.74, 6) is 1.28. The molecule has 8 heteroatoms. The lowest BCUT2D eigenvalue weighted by Gasteiger charge is -2.39. The van der Waals surface area contributed by atoms with Crippen LogP contribution >= 0.6 is 11.6 Å². The molecular formula is C23H23ClN6O. The van der Waals surface area contributed by atoms with E-state index in [2.05, 4.69) is 26.2 Å². The van der Waals surface area contributed by atoms with Gasteiger partial charge in [0.15, 0.2) is 6.17 Å². The van der Waals surface area contributed by atoms with E-state index in [9.17, 15) is 4.79 Å². The number of nitrogens with zero attached hydrogens (tertiary/aromatic N) is 5. The minimum atomic E-state index is -0.445. The van der Waals surface area contributed by atoms with Crippen molar-refractivity contribution in [2.75, 3.05) is 36.4 Å². The molecule has 1 aromatic heterocycles. The Hall–Kier alpha value is -3.32. The molecule has 1 fully saturated rings. The van der Waals surface area contributed by atoms with E-state index < -0.39 is 6.17 Å². The Morgan fingerprint density at radius 1 is 0.968 bits per heavy atom. The smallest absolute Gasteiger partial charge is 0.257 e. The van der Waals surface area contributed by atoms with Gasteiger partial charge in [-0.15, -0.1) is 0 Å². The highest BCUT2D eigenvalue weighted by atomic mass is 35.5. The third kappa shape index (κ3) is 3.88. The van der Waals surface area contributed by atoms with Gasteiger partial charge < -0.3 is 9.80 Å². The number of piperazine rings is 1. The van der Waals surface area contributed by atoms with E-state index in [0.29, 0.717) is 11.6 Å². The molecule has 2 aliphatic heterocycles. The molecule has 1 saturated heterocycles. The molecule has 0 radical (unpaired) electrons. The Balaban J connectivity index is 1.43. The Labute approximate surface area is 185 Å². The van der Waals surface area contributed by atoms with E-state index in [0.717, 1.165) is 48.4 Å². The molecular weight excluding hydrogens is 412 g/mol. The molecule has 0 aliphatic carbocycles. The minimum Gasteiger partial charge on any atom is -0.368 e. The summed E-state index contributed by atoms with van der Waals surface area (Å²) in [6.07, 6.45) is -0.445. The van der Waals surface area contributed by atoms with Crippen molar-refractivity contribution >= 4 is 29.2 Å². The first kappa shape index (κ1) is 19.6. The van der Waals surface area contributed by atoms with E-state index >= 15 is 0 Å². The molecule has 0 unspecified atom stereocenters. The molecule has 1 N–H and O–H groups in total. The third-order valence-electron chi connectivity index (χ3n) is 5.64. The van der Waals surface area contributed by atoms with E-state index in [1.54, 1.807) is 10.6 Å². The van der Waals surface area contributed by atoms with Crippen molar-refractivity contribution in [2.24, 2.45) is 4.99 Å². The van der Waals surface area contributed by atoms with Gasteiger partial charge in [0.1, 0.15) is 0 Å². The normalized spacial score (nSPS) is 18.3. The lowest BCUT2D eigenvalue weighted by atomic mass is 10.1. The van der Waals surface area contributed by atoms with Crippen LogP contribution in [0, 0.1) is 6.92 Å². The fourth-order valence-electron chi connectivity index (χ4n) is 4.09. The lowest BCUT2D eigenvalue weighted by molar-refractivity contribution is 0.376. The van der Waals surface area contributed by atoms with E-state index in [4.69, 9.17) is 16.6 Å². The second-order valence-electron chi connectivity index (χ2n) is 7.75. The number of aromatic nitrogens is 2. The first-order chi connectivity index (χ1) is 15.1. The van der Waals surface area contributed by atoms with Crippen LogP contribution in [0.25, 0.3) is 0 Å². The zero-order chi connectivity index (χ0) is 21.4. The SMILES string of the molecule is Cc1cc(=O)n2c(n1)NC(N1CCN(c3cccc(Cl)c3)CC1)=N[C@H]2c1ccccc1. The molecule has 1 atom stereocenters. The Morgan fingerprint density at radius 2 is 1.71 bits per heavy atom. The van der Waals surface area contributed by atoms with Crippen LogP contribution in [-0.2, 0) is 0 Å². The summed E-state index contributed by atoms with van der Waals surface area (Å²) in [5.41, 5.74) is 2.65. The number of nitrogens with one attached hydrogen (secondary N) is 1. The van der Waals surface area contributed by atoms with Crippen molar-refractivity contribution in [1.82, 2.24) is 14.5 Å². The van der Waals surface area contributed by atoms with Gasteiger partial charge in [-0.3, -0.25) is 14.7 Å². The highest BCUT2D eigenvalue weighted by molar-refractivity contribution is 6.30. The summed E-state index contributed by atoms with van der Waals surface area (Å²) >= 11 is 6.16. The van der Waals surface area contributed by atoms with E-state index in [1.807, 2.05) is 55.5 Å². The molecule has 158 valence electrons. The number of hydrogen-bond acceptors (Lipinski definition) is 6. The number of aryl methyl sites for hydroxylation is 1.